The molecule has 2 atom stereocenters. The van der Waals surface area contributed by atoms with Crippen molar-refractivity contribution in [2.75, 3.05) is 19.6 Å². The van der Waals surface area contributed by atoms with E-state index >= 15 is 0 Å². The fraction of sp³-hybridized carbons (Fsp3) is 0.500. The Hall–Kier alpha value is -1.59. The third kappa shape index (κ3) is 3.68. The summed E-state index contributed by atoms with van der Waals surface area (Å²) in [5, 5.41) is 9.11. The fourth-order valence-corrected chi connectivity index (χ4v) is 2.97. The predicted octanol–water partition coefficient (Wildman–Crippen LogP) is 1.55. The van der Waals surface area contributed by atoms with E-state index in [4.69, 9.17) is 10.8 Å². The lowest BCUT2D eigenvalue weighted by atomic mass is 9.96. The molecule has 104 valence electrons. The van der Waals surface area contributed by atoms with Gasteiger partial charge < -0.3 is 10.8 Å². The topological polar surface area (TPSA) is 75.3 Å². The number of hydrogen-bond donors (Lipinski definition) is 3. The first-order valence-corrected chi connectivity index (χ1v) is 6.75. The van der Waals surface area contributed by atoms with Crippen molar-refractivity contribution in [2.45, 2.75) is 19.4 Å². The Kier molecular flexibility index (Phi) is 4.39. The number of likely N-dealkylation sites (tertiary alicyclic amines) is 1. The summed E-state index contributed by atoms with van der Waals surface area (Å²) in [5.41, 5.74) is 9.62. The van der Waals surface area contributed by atoms with Crippen LogP contribution in [0.3, 0.4) is 0 Å². The molecular weight excluding hydrogens is 242 g/mol. The molecule has 1 fully saturated rings. The fourth-order valence-electron chi connectivity index (χ4n) is 2.97. The second-order valence-corrected chi connectivity index (χ2v) is 5.36. The molecule has 1 aliphatic heterocycles. The molecule has 4 N–H and O–H groups in total. The first-order valence-electron chi connectivity index (χ1n) is 6.75. The summed E-state index contributed by atoms with van der Waals surface area (Å²) in [6, 6.07) is 10.0. The summed E-state index contributed by atoms with van der Waals surface area (Å²) in [6.07, 6.45) is 1.13. The van der Waals surface area contributed by atoms with Crippen LogP contribution >= 0.6 is 0 Å². The van der Waals surface area contributed by atoms with Gasteiger partial charge in [0.1, 0.15) is 19.6 Å². The number of rotatable bonds is 4. The third-order valence-electron chi connectivity index (χ3n) is 3.80. The minimum atomic E-state index is -0.964. The second-order valence-electron chi connectivity index (χ2n) is 5.36. The first kappa shape index (κ1) is 13.8. The average Bonchev–Trinajstić information content (AvgIpc) is 2.39. The Morgan fingerprint density at radius 3 is 2.79 bits per heavy atom. The maximum Gasteiger partial charge on any atom is 0.449 e. The maximum absolute atomic E-state index is 11.1. The molecule has 1 saturated heterocycles. The summed E-state index contributed by atoms with van der Waals surface area (Å²) in [7, 11) is 0. The number of carbonyl (C=O) groups is 1. The van der Waals surface area contributed by atoms with Gasteiger partial charge in [0.05, 0.1) is 0 Å². The van der Waals surface area contributed by atoms with E-state index in [1.54, 1.807) is 0 Å². The van der Waals surface area contributed by atoms with Crippen LogP contribution in [-0.4, -0.2) is 35.4 Å². The van der Waals surface area contributed by atoms with Crippen LogP contribution in [0.4, 0.5) is 4.79 Å². The van der Waals surface area contributed by atoms with Crippen LogP contribution in [0.25, 0.3) is 0 Å². The molecule has 1 amide bonds. The number of benzene rings is 1. The van der Waals surface area contributed by atoms with Gasteiger partial charge in [-0.3, -0.25) is 0 Å². The molecule has 1 aromatic carbocycles. The quantitative estimate of drug-likeness (QED) is 0.722. The number of piperidine rings is 1. The predicted molar refractivity (Wildman–Crippen MR) is 73.1 cm³/mol. The van der Waals surface area contributed by atoms with Crippen molar-refractivity contribution in [1.29, 1.82) is 0 Å². The van der Waals surface area contributed by atoms with Crippen LogP contribution in [0.1, 0.15) is 18.4 Å². The molecule has 1 aromatic rings. The minimum Gasteiger partial charge on any atom is -0.462 e. The zero-order valence-corrected chi connectivity index (χ0v) is 11.1. The van der Waals surface area contributed by atoms with Crippen molar-refractivity contribution in [3.05, 3.63) is 35.9 Å². The standard InChI is InChI=1S/C14H21N3O2/c15-9-13-7-4-8-17(11-13,16-14(18)19)10-12-5-2-1-3-6-12/h1-3,5-6,13,16H,4,7-11,15H2/p+1. The number of hydrogen-bond acceptors (Lipinski definition) is 2. The van der Waals surface area contributed by atoms with Gasteiger partial charge >= 0.3 is 6.09 Å². The molecule has 0 spiro atoms. The molecule has 19 heavy (non-hydrogen) atoms. The summed E-state index contributed by atoms with van der Waals surface area (Å²) >= 11 is 0. The zero-order valence-electron chi connectivity index (χ0n) is 11.1. The van der Waals surface area contributed by atoms with Crippen molar-refractivity contribution in [2.24, 2.45) is 11.7 Å². The Bertz CT molecular complexity index is 424. The summed E-state index contributed by atoms with van der Waals surface area (Å²) in [4.78, 5) is 11.1. The van der Waals surface area contributed by atoms with Gasteiger partial charge in [0.25, 0.3) is 0 Å². The summed E-state index contributed by atoms with van der Waals surface area (Å²) in [5.74, 6) is 0.393. The Balaban J connectivity index is 2.16. The number of nitrogens with one attached hydrogen (secondary N) is 1. The van der Waals surface area contributed by atoms with Gasteiger partial charge in [-0.2, -0.15) is 5.43 Å². The van der Waals surface area contributed by atoms with Gasteiger partial charge in [0.15, 0.2) is 0 Å². The minimum absolute atomic E-state index is 0.390. The zero-order chi connectivity index (χ0) is 13.7. The van der Waals surface area contributed by atoms with Crippen LogP contribution in [-0.2, 0) is 6.54 Å². The third-order valence-corrected chi connectivity index (χ3v) is 3.80. The van der Waals surface area contributed by atoms with Gasteiger partial charge in [-0.15, -0.1) is 0 Å². The molecule has 5 heteroatoms. The molecule has 2 unspecified atom stereocenters. The second kappa shape index (κ2) is 6.04. The summed E-state index contributed by atoms with van der Waals surface area (Å²) in [6.45, 7) is 2.91. The molecule has 1 aliphatic rings. The molecule has 1 heterocycles. The van der Waals surface area contributed by atoms with Gasteiger partial charge in [0.2, 0.25) is 0 Å². The van der Waals surface area contributed by atoms with E-state index in [1.165, 1.54) is 0 Å². The van der Waals surface area contributed by atoms with Crippen LogP contribution in [0, 0.1) is 5.92 Å². The van der Waals surface area contributed by atoms with Crippen LogP contribution in [0.5, 0.6) is 0 Å². The number of nitrogens with zero attached hydrogens (tertiary/aromatic N) is 1. The molecular formula is C14H22N3O2+. The van der Waals surface area contributed by atoms with E-state index in [1.807, 2.05) is 30.3 Å². The normalized spacial score (nSPS) is 26.9. The molecule has 2 rings (SSSR count). The Labute approximate surface area is 113 Å². The van der Waals surface area contributed by atoms with E-state index in [0.717, 1.165) is 31.5 Å². The van der Waals surface area contributed by atoms with E-state index in [-0.39, 0.29) is 0 Å². The highest BCUT2D eigenvalue weighted by Gasteiger charge is 2.37. The first-order chi connectivity index (χ1) is 9.13. The molecule has 0 bridgehead atoms. The molecule has 0 aliphatic carbocycles. The lowest BCUT2D eigenvalue weighted by Crippen LogP contribution is -2.63. The molecule has 0 aromatic heterocycles. The van der Waals surface area contributed by atoms with Crippen molar-refractivity contribution >= 4 is 6.09 Å². The molecule has 0 radical (unpaired) electrons. The lowest BCUT2D eigenvalue weighted by Gasteiger charge is -2.42. The highest BCUT2D eigenvalue weighted by molar-refractivity contribution is 5.62. The van der Waals surface area contributed by atoms with Crippen molar-refractivity contribution < 1.29 is 14.5 Å². The van der Waals surface area contributed by atoms with Crippen molar-refractivity contribution in [3.63, 3.8) is 0 Å². The Morgan fingerprint density at radius 2 is 2.16 bits per heavy atom. The number of quaternary nitrogens is 1. The van der Waals surface area contributed by atoms with E-state index in [2.05, 4.69) is 5.43 Å². The maximum atomic E-state index is 11.1. The van der Waals surface area contributed by atoms with Crippen molar-refractivity contribution in [3.8, 4) is 0 Å². The molecule has 0 saturated carbocycles. The highest BCUT2D eigenvalue weighted by atomic mass is 16.4. The van der Waals surface area contributed by atoms with Gasteiger partial charge in [-0.25, -0.2) is 9.39 Å². The average molecular weight is 264 g/mol. The SMILES string of the molecule is NCC1CCC[N+](Cc2ccccc2)(NC(=O)O)C1. The number of carboxylic acid groups (broad SMARTS) is 1. The van der Waals surface area contributed by atoms with E-state index in [0.29, 0.717) is 23.6 Å². The number of amides is 1. The Morgan fingerprint density at radius 1 is 1.42 bits per heavy atom. The largest absolute Gasteiger partial charge is 0.462 e. The summed E-state index contributed by atoms with van der Waals surface area (Å²) < 4.78 is 0.390. The van der Waals surface area contributed by atoms with Gasteiger partial charge in [-0.1, -0.05) is 30.3 Å². The molecule has 5 nitrogen and oxygen atoms in total. The smallest absolute Gasteiger partial charge is 0.449 e. The number of nitrogens with two attached hydrogens (primary N) is 1. The van der Waals surface area contributed by atoms with E-state index in [9.17, 15) is 4.79 Å². The van der Waals surface area contributed by atoms with Gasteiger partial charge in [-0.05, 0) is 12.8 Å². The van der Waals surface area contributed by atoms with Crippen LogP contribution < -0.4 is 11.2 Å². The van der Waals surface area contributed by atoms with Crippen LogP contribution in [0.15, 0.2) is 30.3 Å². The lowest BCUT2D eigenvalue weighted by molar-refractivity contribution is -0.981. The highest BCUT2D eigenvalue weighted by Crippen LogP contribution is 2.23. The van der Waals surface area contributed by atoms with Crippen LogP contribution in [0.2, 0.25) is 0 Å². The van der Waals surface area contributed by atoms with Gasteiger partial charge in [0, 0.05) is 18.0 Å². The monoisotopic (exact) mass is 264 g/mol. The van der Waals surface area contributed by atoms with E-state index < -0.39 is 6.09 Å². The van der Waals surface area contributed by atoms with Crippen molar-refractivity contribution in [1.82, 2.24) is 5.43 Å².